The smallest absolute Gasteiger partial charge is 0.0672 e. The van der Waals surface area contributed by atoms with E-state index in [4.69, 9.17) is 0 Å². The van der Waals surface area contributed by atoms with E-state index in [9.17, 15) is 0 Å². The monoisotopic (exact) mass is 243 g/mol. The summed E-state index contributed by atoms with van der Waals surface area (Å²) in [5.41, 5.74) is 6.23. The number of hydrogen-bond donors (Lipinski definition) is 1. The largest absolute Gasteiger partial charge is 0.318 e. The second-order valence-electron chi connectivity index (χ2n) is 4.81. The summed E-state index contributed by atoms with van der Waals surface area (Å²) in [5, 5.41) is 7.71. The minimum Gasteiger partial charge on any atom is -0.318 e. The molecule has 0 bridgehead atoms. The quantitative estimate of drug-likeness (QED) is 0.894. The highest BCUT2D eigenvalue weighted by Crippen LogP contribution is 2.26. The van der Waals surface area contributed by atoms with Crippen molar-refractivity contribution in [1.82, 2.24) is 15.1 Å². The zero-order chi connectivity index (χ0) is 13.1. The number of likely N-dealkylation sites (N-methyl/N-ethyl adjacent to an activating group) is 1. The van der Waals surface area contributed by atoms with Gasteiger partial charge in [0.15, 0.2) is 0 Å². The average Bonchev–Trinajstić information content (AvgIpc) is 2.68. The van der Waals surface area contributed by atoms with Crippen molar-refractivity contribution < 1.29 is 0 Å². The predicted octanol–water partition coefficient (Wildman–Crippen LogP) is 2.69. The first-order chi connectivity index (χ1) is 8.61. The fraction of sp³-hybridized carbons (Fsp3) is 0.400. The summed E-state index contributed by atoms with van der Waals surface area (Å²) in [7, 11) is 1.96. The summed E-state index contributed by atoms with van der Waals surface area (Å²) in [6.45, 7) is 8.20. The highest BCUT2D eigenvalue weighted by Gasteiger charge is 2.09. The number of hydrogen-bond acceptors (Lipinski definition) is 2. The SMILES string of the molecule is CNCCn1cc(-c2ccc(C)cc2C)c(C)n1. The van der Waals surface area contributed by atoms with E-state index in [0.717, 1.165) is 18.8 Å². The van der Waals surface area contributed by atoms with Crippen molar-refractivity contribution in [3.8, 4) is 11.1 Å². The Morgan fingerprint density at radius 1 is 1.17 bits per heavy atom. The molecule has 96 valence electrons. The van der Waals surface area contributed by atoms with Gasteiger partial charge in [-0.15, -0.1) is 0 Å². The maximum Gasteiger partial charge on any atom is 0.0672 e. The molecule has 1 N–H and O–H groups in total. The Morgan fingerprint density at radius 3 is 2.61 bits per heavy atom. The summed E-state index contributed by atoms with van der Waals surface area (Å²) in [6.07, 6.45) is 2.14. The minimum absolute atomic E-state index is 0.905. The molecule has 0 aliphatic carbocycles. The zero-order valence-corrected chi connectivity index (χ0v) is 11.6. The molecule has 18 heavy (non-hydrogen) atoms. The van der Waals surface area contributed by atoms with Gasteiger partial charge in [-0.25, -0.2) is 0 Å². The Hall–Kier alpha value is -1.61. The normalized spacial score (nSPS) is 10.9. The first-order valence-electron chi connectivity index (χ1n) is 6.38. The Balaban J connectivity index is 2.35. The van der Waals surface area contributed by atoms with Crippen molar-refractivity contribution in [3.05, 3.63) is 41.2 Å². The molecule has 0 radical (unpaired) electrons. The van der Waals surface area contributed by atoms with Crippen LogP contribution in [0.25, 0.3) is 11.1 Å². The molecule has 1 aromatic carbocycles. The summed E-state index contributed by atoms with van der Waals surface area (Å²) in [4.78, 5) is 0. The van der Waals surface area contributed by atoms with Crippen LogP contribution >= 0.6 is 0 Å². The number of aryl methyl sites for hydroxylation is 3. The Labute approximate surface area is 109 Å². The topological polar surface area (TPSA) is 29.9 Å². The molecule has 1 aromatic heterocycles. The van der Waals surface area contributed by atoms with Gasteiger partial charge in [0.1, 0.15) is 0 Å². The number of rotatable bonds is 4. The van der Waals surface area contributed by atoms with Crippen molar-refractivity contribution in [1.29, 1.82) is 0 Å². The third-order valence-electron chi connectivity index (χ3n) is 3.21. The van der Waals surface area contributed by atoms with E-state index in [1.165, 1.54) is 22.3 Å². The molecule has 0 saturated heterocycles. The Kier molecular flexibility index (Phi) is 3.82. The molecule has 3 nitrogen and oxygen atoms in total. The molecule has 0 saturated carbocycles. The standard InChI is InChI=1S/C15H21N3/c1-11-5-6-14(12(2)9-11)15-10-18(8-7-16-4)17-13(15)3/h5-6,9-10,16H,7-8H2,1-4H3. The van der Waals surface area contributed by atoms with E-state index >= 15 is 0 Å². The molecule has 0 aliphatic heterocycles. The summed E-state index contributed by atoms with van der Waals surface area (Å²) in [6, 6.07) is 6.57. The van der Waals surface area contributed by atoms with Crippen LogP contribution in [-0.2, 0) is 6.54 Å². The van der Waals surface area contributed by atoms with Crippen LogP contribution in [0.5, 0.6) is 0 Å². The number of nitrogens with zero attached hydrogens (tertiary/aromatic N) is 2. The third-order valence-corrected chi connectivity index (χ3v) is 3.21. The highest BCUT2D eigenvalue weighted by molar-refractivity contribution is 5.69. The molecule has 0 fully saturated rings. The number of benzene rings is 1. The molecule has 0 atom stereocenters. The van der Waals surface area contributed by atoms with E-state index < -0.39 is 0 Å². The lowest BCUT2D eigenvalue weighted by atomic mass is 10.00. The van der Waals surface area contributed by atoms with E-state index in [1.807, 2.05) is 11.7 Å². The van der Waals surface area contributed by atoms with Gasteiger partial charge in [0.05, 0.1) is 12.2 Å². The van der Waals surface area contributed by atoms with Crippen LogP contribution in [0.4, 0.5) is 0 Å². The number of nitrogens with one attached hydrogen (secondary N) is 1. The van der Waals surface area contributed by atoms with Gasteiger partial charge >= 0.3 is 0 Å². The van der Waals surface area contributed by atoms with Crippen LogP contribution in [0.15, 0.2) is 24.4 Å². The third kappa shape index (κ3) is 2.62. The average molecular weight is 243 g/mol. The van der Waals surface area contributed by atoms with Crippen LogP contribution in [0.1, 0.15) is 16.8 Å². The molecule has 1 heterocycles. The van der Waals surface area contributed by atoms with Crippen molar-refractivity contribution in [2.24, 2.45) is 0 Å². The van der Waals surface area contributed by atoms with Crippen LogP contribution < -0.4 is 5.32 Å². The first-order valence-corrected chi connectivity index (χ1v) is 6.38. The second-order valence-corrected chi connectivity index (χ2v) is 4.81. The molecule has 0 amide bonds. The fourth-order valence-corrected chi connectivity index (χ4v) is 2.24. The van der Waals surface area contributed by atoms with E-state index in [2.05, 4.69) is 55.6 Å². The molecule has 0 spiro atoms. The van der Waals surface area contributed by atoms with Gasteiger partial charge < -0.3 is 5.32 Å². The predicted molar refractivity (Wildman–Crippen MR) is 75.8 cm³/mol. The lowest BCUT2D eigenvalue weighted by Crippen LogP contribution is -2.15. The number of aromatic nitrogens is 2. The Bertz CT molecular complexity index is 541. The fourth-order valence-electron chi connectivity index (χ4n) is 2.24. The summed E-state index contributed by atoms with van der Waals surface area (Å²) in [5.74, 6) is 0. The van der Waals surface area contributed by atoms with Crippen molar-refractivity contribution in [2.75, 3.05) is 13.6 Å². The van der Waals surface area contributed by atoms with Crippen molar-refractivity contribution >= 4 is 0 Å². The van der Waals surface area contributed by atoms with Crippen molar-refractivity contribution in [3.63, 3.8) is 0 Å². The summed E-state index contributed by atoms with van der Waals surface area (Å²) >= 11 is 0. The molecule has 3 heteroatoms. The molecule has 2 aromatic rings. The summed E-state index contributed by atoms with van der Waals surface area (Å²) < 4.78 is 2.01. The van der Waals surface area contributed by atoms with Crippen LogP contribution in [0.2, 0.25) is 0 Å². The van der Waals surface area contributed by atoms with Gasteiger partial charge in [0.25, 0.3) is 0 Å². The second kappa shape index (κ2) is 5.36. The van der Waals surface area contributed by atoms with E-state index in [0.29, 0.717) is 0 Å². The van der Waals surface area contributed by atoms with Crippen molar-refractivity contribution in [2.45, 2.75) is 27.3 Å². The minimum atomic E-state index is 0.905. The maximum absolute atomic E-state index is 4.56. The van der Waals surface area contributed by atoms with Crippen LogP contribution in [0.3, 0.4) is 0 Å². The van der Waals surface area contributed by atoms with Crippen LogP contribution in [-0.4, -0.2) is 23.4 Å². The molecule has 2 rings (SSSR count). The lowest BCUT2D eigenvalue weighted by molar-refractivity contribution is 0.581. The van der Waals surface area contributed by atoms with Gasteiger partial charge in [0, 0.05) is 18.3 Å². The van der Waals surface area contributed by atoms with Gasteiger partial charge in [-0.2, -0.15) is 5.10 Å². The van der Waals surface area contributed by atoms with Gasteiger partial charge in [0.2, 0.25) is 0 Å². The zero-order valence-electron chi connectivity index (χ0n) is 11.6. The maximum atomic E-state index is 4.56. The van der Waals surface area contributed by atoms with Crippen LogP contribution in [0, 0.1) is 20.8 Å². The highest BCUT2D eigenvalue weighted by atomic mass is 15.3. The lowest BCUT2D eigenvalue weighted by Gasteiger charge is -2.05. The molecular formula is C15H21N3. The molecular weight excluding hydrogens is 222 g/mol. The molecule has 0 unspecified atom stereocenters. The first kappa shape index (κ1) is 12.8. The van der Waals surface area contributed by atoms with E-state index in [-0.39, 0.29) is 0 Å². The Morgan fingerprint density at radius 2 is 1.94 bits per heavy atom. The van der Waals surface area contributed by atoms with Gasteiger partial charge in [-0.3, -0.25) is 4.68 Å². The van der Waals surface area contributed by atoms with Gasteiger partial charge in [-0.1, -0.05) is 23.8 Å². The molecule has 0 aliphatic rings. The van der Waals surface area contributed by atoms with E-state index in [1.54, 1.807) is 0 Å². The van der Waals surface area contributed by atoms with Gasteiger partial charge in [-0.05, 0) is 38.9 Å².